The fourth-order valence-electron chi connectivity index (χ4n) is 3.96. The van der Waals surface area contributed by atoms with Crippen LogP contribution < -0.4 is 10.1 Å². The summed E-state index contributed by atoms with van der Waals surface area (Å²) in [5.74, 6) is 2.09. The van der Waals surface area contributed by atoms with E-state index in [4.69, 9.17) is 9.72 Å². The Balaban J connectivity index is 1.48. The summed E-state index contributed by atoms with van der Waals surface area (Å²) in [6, 6.07) is 9.81. The number of benzene rings is 1. The fourth-order valence-corrected chi connectivity index (χ4v) is 4.76. The summed E-state index contributed by atoms with van der Waals surface area (Å²) in [5, 5.41) is 10.4. The maximum absolute atomic E-state index is 12.6. The second kappa shape index (κ2) is 9.43. The predicted molar refractivity (Wildman–Crippen MR) is 120 cm³/mol. The lowest BCUT2D eigenvalue weighted by Crippen LogP contribution is -2.19. The number of anilines is 1. The molecule has 1 fully saturated rings. The number of nitrogens with zero attached hydrogens (tertiary/aromatic N) is 3. The van der Waals surface area contributed by atoms with Gasteiger partial charge in [0, 0.05) is 23.4 Å². The minimum atomic E-state index is 0.0614. The first kappa shape index (κ1) is 20.6. The van der Waals surface area contributed by atoms with Crippen molar-refractivity contribution in [3.63, 3.8) is 0 Å². The Morgan fingerprint density at radius 3 is 2.73 bits per heavy atom. The molecule has 1 saturated carbocycles. The van der Waals surface area contributed by atoms with Crippen LogP contribution in [0.2, 0.25) is 0 Å². The van der Waals surface area contributed by atoms with Gasteiger partial charge in [-0.05, 0) is 56.9 Å². The molecule has 2 heterocycles. The molecule has 1 aliphatic rings. The van der Waals surface area contributed by atoms with Crippen molar-refractivity contribution in [2.75, 3.05) is 11.9 Å². The van der Waals surface area contributed by atoms with Gasteiger partial charge in [-0.3, -0.25) is 4.79 Å². The van der Waals surface area contributed by atoms with Gasteiger partial charge in [0.1, 0.15) is 11.6 Å². The lowest BCUT2D eigenvalue weighted by molar-refractivity contribution is -0.117. The average molecular weight is 425 g/mol. The third-order valence-electron chi connectivity index (χ3n) is 5.43. The molecule has 0 radical (unpaired) electrons. The normalized spacial score (nSPS) is 14.6. The average Bonchev–Trinajstić information content (AvgIpc) is 3.36. The van der Waals surface area contributed by atoms with E-state index in [1.807, 2.05) is 49.6 Å². The van der Waals surface area contributed by atoms with Gasteiger partial charge < -0.3 is 10.1 Å². The van der Waals surface area contributed by atoms with Gasteiger partial charge in [0.2, 0.25) is 11.0 Å². The van der Waals surface area contributed by atoms with Crippen molar-refractivity contribution in [3.8, 4) is 22.1 Å². The van der Waals surface area contributed by atoms with E-state index in [1.165, 1.54) is 30.6 Å². The van der Waals surface area contributed by atoms with Crippen LogP contribution in [0.5, 0.6) is 5.75 Å². The number of rotatable bonds is 7. The highest BCUT2D eigenvalue weighted by Gasteiger charge is 2.19. The van der Waals surface area contributed by atoms with E-state index < -0.39 is 0 Å². The first-order valence-corrected chi connectivity index (χ1v) is 11.6. The summed E-state index contributed by atoms with van der Waals surface area (Å²) in [5.41, 5.74) is 2.75. The Kier molecular flexibility index (Phi) is 6.47. The van der Waals surface area contributed by atoms with Crippen molar-refractivity contribution in [1.82, 2.24) is 14.8 Å². The molecule has 1 amide bonds. The standard InChI is InChI=1S/C23H28N4O2S/c1-3-29-19-11-9-18(10-12-19)20-15-30-23(24-20)27-21(13-16(2)26-27)25-22(28)14-17-7-5-4-6-8-17/h9-13,15,17H,3-8,14H2,1-2H3,(H,25,28). The van der Waals surface area contributed by atoms with Crippen LogP contribution in [0.1, 0.15) is 51.1 Å². The molecule has 1 aromatic carbocycles. The number of hydrogen-bond acceptors (Lipinski definition) is 5. The van der Waals surface area contributed by atoms with Crippen LogP contribution in [0, 0.1) is 12.8 Å². The highest BCUT2D eigenvalue weighted by molar-refractivity contribution is 7.12. The van der Waals surface area contributed by atoms with Crippen LogP contribution in [0.3, 0.4) is 0 Å². The molecule has 0 saturated heterocycles. The van der Waals surface area contributed by atoms with Crippen molar-refractivity contribution >= 4 is 23.1 Å². The zero-order valence-corrected chi connectivity index (χ0v) is 18.4. The molecule has 0 spiro atoms. The van der Waals surface area contributed by atoms with E-state index in [1.54, 1.807) is 4.68 Å². The van der Waals surface area contributed by atoms with Crippen molar-refractivity contribution in [2.45, 2.75) is 52.4 Å². The highest BCUT2D eigenvalue weighted by Crippen LogP contribution is 2.29. The third kappa shape index (κ3) is 4.90. The first-order valence-electron chi connectivity index (χ1n) is 10.7. The third-order valence-corrected chi connectivity index (χ3v) is 6.25. The molecule has 1 aliphatic carbocycles. The maximum atomic E-state index is 12.6. The van der Waals surface area contributed by atoms with Gasteiger partial charge in [0.05, 0.1) is 18.0 Å². The van der Waals surface area contributed by atoms with Crippen molar-refractivity contribution in [2.24, 2.45) is 5.92 Å². The monoisotopic (exact) mass is 424 g/mol. The quantitative estimate of drug-likeness (QED) is 0.535. The zero-order chi connectivity index (χ0) is 20.9. The summed E-state index contributed by atoms with van der Waals surface area (Å²) >= 11 is 1.51. The molecule has 0 aliphatic heterocycles. The molecule has 0 bridgehead atoms. The fraction of sp³-hybridized carbons (Fsp3) is 0.435. The lowest BCUT2D eigenvalue weighted by atomic mass is 9.87. The predicted octanol–water partition coefficient (Wildman–Crippen LogP) is 5.61. The molecule has 6 nitrogen and oxygen atoms in total. The van der Waals surface area contributed by atoms with Gasteiger partial charge in [-0.15, -0.1) is 11.3 Å². The van der Waals surface area contributed by atoms with Gasteiger partial charge in [0.15, 0.2) is 0 Å². The number of carbonyl (C=O) groups is 1. The summed E-state index contributed by atoms with van der Waals surface area (Å²) in [7, 11) is 0. The summed E-state index contributed by atoms with van der Waals surface area (Å²) in [4.78, 5) is 17.4. The van der Waals surface area contributed by atoms with Crippen molar-refractivity contribution < 1.29 is 9.53 Å². The molecule has 1 N–H and O–H groups in total. The number of aromatic nitrogens is 3. The second-order valence-electron chi connectivity index (χ2n) is 7.81. The Morgan fingerprint density at radius 2 is 2.00 bits per heavy atom. The molecule has 3 aromatic rings. The Morgan fingerprint density at radius 1 is 1.23 bits per heavy atom. The molecule has 0 atom stereocenters. The molecular weight excluding hydrogens is 396 g/mol. The molecule has 30 heavy (non-hydrogen) atoms. The van der Waals surface area contributed by atoms with Gasteiger partial charge in [-0.2, -0.15) is 9.78 Å². The van der Waals surface area contributed by atoms with Gasteiger partial charge in [0.25, 0.3) is 0 Å². The van der Waals surface area contributed by atoms with Crippen molar-refractivity contribution in [3.05, 3.63) is 41.4 Å². The molecule has 2 aromatic heterocycles. The van der Waals surface area contributed by atoms with Gasteiger partial charge >= 0.3 is 0 Å². The maximum Gasteiger partial charge on any atom is 0.225 e. The number of thiazole rings is 1. The van der Waals surface area contributed by atoms with Crippen LogP contribution >= 0.6 is 11.3 Å². The number of carbonyl (C=O) groups excluding carboxylic acids is 1. The Labute approximate surface area is 181 Å². The first-order chi connectivity index (χ1) is 14.6. The van der Waals surface area contributed by atoms with E-state index >= 15 is 0 Å². The van der Waals surface area contributed by atoms with Crippen LogP contribution in [-0.4, -0.2) is 27.3 Å². The number of hydrogen-bond donors (Lipinski definition) is 1. The minimum Gasteiger partial charge on any atom is -0.494 e. The number of amides is 1. The largest absolute Gasteiger partial charge is 0.494 e. The van der Waals surface area contributed by atoms with Crippen LogP contribution in [-0.2, 0) is 4.79 Å². The van der Waals surface area contributed by atoms with E-state index in [2.05, 4.69) is 10.4 Å². The SMILES string of the molecule is CCOc1ccc(-c2csc(-n3nc(C)cc3NC(=O)CC3CCCCC3)n2)cc1. The topological polar surface area (TPSA) is 69.0 Å². The highest BCUT2D eigenvalue weighted by atomic mass is 32.1. The summed E-state index contributed by atoms with van der Waals surface area (Å²) in [6.07, 6.45) is 6.67. The number of aryl methyl sites for hydroxylation is 1. The lowest BCUT2D eigenvalue weighted by Gasteiger charge is -2.20. The summed E-state index contributed by atoms with van der Waals surface area (Å²) in [6.45, 7) is 4.54. The molecule has 158 valence electrons. The van der Waals surface area contributed by atoms with Gasteiger partial charge in [-0.1, -0.05) is 19.3 Å². The molecule has 0 unspecified atom stereocenters. The number of nitrogens with one attached hydrogen (secondary N) is 1. The summed E-state index contributed by atoms with van der Waals surface area (Å²) < 4.78 is 7.24. The zero-order valence-electron chi connectivity index (χ0n) is 17.6. The van der Waals surface area contributed by atoms with Crippen LogP contribution in [0.4, 0.5) is 5.82 Å². The van der Waals surface area contributed by atoms with E-state index in [-0.39, 0.29) is 5.91 Å². The van der Waals surface area contributed by atoms with Crippen molar-refractivity contribution in [1.29, 1.82) is 0 Å². The Bertz CT molecular complexity index is 987. The smallest absolute Gasteiger partial charge is 0.225 e. The van der Waals surface area contributed by atoms with E-state index in [0.29, 0.717) is 24.8 Å². The Hall–Kier alpha value is -2.67. The van der Waals surface area contributed by atoms with Crippen LogP contribution in [0.15, 0.2) is 35.7 Å². The minimum absolute atomic E-state index is 0.0614. The van der Waals surface area contributed by atoms with Gasteiger partial charge in [-0.25, -0.2) is 4.98 Å². The molecular formula is C23H28N4O2S. The van der Waals surface area contributed by atoms with E-state index in [0.717, 1.165) is 40.7 Å². The molecule has 4 rings (SSSR count). The second-order valence-corrected chi connectivity index (χ2v) is 8.65. The van der Waals surface area contributed by atoms with E-state index in [9.17, 15) is 4.79 Å². The molecule has 7 heteroatoms. The van der Waals surface area contributed by atoms with Crippen LogP contribution in [0.25, 0.3) is 16.4 Å². The number of ether oxygens (including phenoxy) is 1.